The van der Waals surface area contributed by atoms with E-state index in [1.54, 1.807) is 4.52 Å². The minimum atomic E-state index is 0.616. The number of hydrogen-bond donors (Lipinski definition) is 1. The van der Waals surface area contributed by atoms with Crippen LogP contribution in [0.5, 0.6) is 0 Å². The second kappa shape index (κ2) is 5.31. The first-order valence-electron chi connectivity index (χ1n) is 7.59. The molecule has 4 aromatic rings. The highest BCUT2D eigenvalue weighted by molar-refractivity contribution is 5.84. The van der Waals surface area contributed by atoms with Gasteiger partial charge in [-0.2, -0.15) is 4.52 Å². The summed E-state index contributed by atoms with van der Waals surface area (Å²) in [4.78, 5) is 4.69. The number of benzene rings is 2. The quantitative estimate of drug-likeness (QED) is 0.629. The van der Waals surface area contributed by atoms with Crippen LogP contribution in [-0.2, 0) is 6.42 Å². The number of aryl methyl sites for hydroxylation is 2. The van der Waals surface area contributed by atoms with Crippen LogP contribution in [0.3, 0.4) is 0 Å². The van der Waals surface area contributed by atoms with E-state index in [1.165, 1.54) is 5.56 Å². The van der Waals surface area contributed by atoms with E-state index in [4.69, 9.17) is 4.98 Å². The molecule has 114 valence electrons. The Morgan fingerprint density at radius 3 is 2.91 bits per heavy atom. The van der Waals surface area contributed by atoms with Gasteiger partial charge in [0.1, 0.15) is 0 Å². The van der Waals surface area contributed by atoms with Crippen molar-refractivity contribution in [1.82, 2.24) is 25.0 Å². The van der Waals surface area contributed by atoms with Crippen molar-refractivity contribution in [2.24, 2.45) is 0 Å². The molecule has 0 amide bonds. The van der Waals surface area contributed by atoms with Crippen molar-refractivity contribution in [2.45, 2.75) is 20.3 Å². The Hall–Kier alpha value is -3.02. The van der Waals surface area contributed by atoms with Crippen molar-refractivity contribution in [3.63, 3.8) is 0 Å². The standard InChI is InChI=1S/C17H16N6/c1-3-12-5-4-6-13(10-12)18-16-17-20-21-22-23(17)15-9-11(2)7-8-14(15)19-16/h4-10H,3H2,1-2H3,(H,18,19). The molecule has 2 heterocycles. The van der Waals surface area contributed by atoms with Gasteiger partial charge in [-0.25, -0.2) is 4.98 Å². The van der Waals surface area contributed by atoms with Crippen LogP contribution in [0.4, 0.5) is 11.5 Å². The van der Waals surface area contributed by atoms with Crippen LogP contribution < -0.4 is 5.32 Å². The molecule has 1 N–H and O–H groups in total. The summed E-state index contributed by atoms with van der Waals surface area (Å²) in [6, 6.07) is 14.3. The summed E-state index contributed by atoms with van der Waals surface area (Å²) in [5, 5.41) is 15.4. The lowest BCUT2D eigenvalue weighted by Gasteiger charge is -2.09. The fourth-order valence-electron chi connectivity index (χ4n) is 2.65. The molecule has 23 heavy (non-hydrogen) atoms. The fourth-order valence-corrected chi connectivity index (χ4v) is 2.65. The fraction of sp³-hybridized carbons (Fsp3) is 0.176. The summed E-state index contributed by atoms with van der Waals surface area (Å²) in [5.41, 5.74) is 5.76. The maximum absolute atomic E-state index is 4.69. The Morgan fingerprint density at radius 2 is 2.04 bits per heavy atom. The van der Waals surface area contributed by atoms with Gasteiger partial charge in [-0.1, -0.05) is 25.1 Å². The predicted molar refractivity (Wildman–Crippen MR) is 89.9 cm³/mol. The van der Waals surface area contributed by atoms with Gasteiger partial charge in [0.05, 0.1) is 11.0 Å². The molecule has 6 nitrogen and oxygen atoms in total. The van der Waals surface area contributed by atoms with E-state index < -0.39 is 0 Å². The first-order valence-corrected chi connectivity index (χ1v) is 7.59. The minimum absolute atomic E-state index is 0.616. The van der Waals surface area contributed by atoms with Crippen LogP contribution in [-0.4, -0.2) is 25.0 Å². The summed E-state index contributed by atoms with van der Waals surface area (Å²) >= 11 is 0. The topological polar surface area (TPSA) is 68.0 Å². The van der Waals surface area contributed by atoms with Gasteiger partial charge in [-0.05, 0) is 59.2 Å². The molecule has 0 aliphatic rings. The summed E-state index contributed by atoms with van der Waals surface area (Å²) in [6.07, 6.45) is 0.988. The number of fused-ring (bicyclic) bond motifs is 3. The van der Waals surface area contributed by atoms with Crippen LogP contribution in [0.25, 0.3) is 16.7 Å². The SMILES string of the molecule is CCc1cccc(Nc2nc3ccc(C)cc3n3nnnc23)c1. The number of hydrogen-bond acceptors (Lipinski definition) is 5. The normalized spacial score (nSPS) is 11.2. The zero-order valence-corrected chi connectivity index (χ0v) is 13.0. The summed E-state index contributed by atoms with van der Waals surface area (Å²) in [7, 11) is 0. The molecule has 0 spiro atoms. The van der Waals surface area contributed by atoms with Crippen molar-refractivity contribution in [3.8, 4) is 0 Å². The van der Waals surface area contributed by atoms with Gasteiger partial charge in [-0.15, -0.1) is 5.10 Å². The number of nitrogens with one attached hydrogen (secondary N) is 1. The average molecular weight is 304 g/mol. The highest BCUT2D eigenvalue weighted by atomic mass is 15.5. The van der Waals surface area contributed by atoms with Crippen molar-refractivity contribution >= 4 is 28.2 Å². The maximum Gasteiger partial charge on any atom is 0.222 e. The predicted octanol–water partition coefficient (Wildman–Crippen LogP) is 3.29. The largest absolute Gasteiger partial charge is 0.337 e. The van der Waals surface area contributed by atoms with Crippen molar-refractivity contribution < 1.29 is 0 Å². The molecular formula is C17H16N6. The van der Waals surface area contributed by atoms with E-state index in [2.05, 4.69) is 39.9 Å². The summed E-state index contributed by atoms with van der Waals surface area (Å²) in [5.74, 6) is 0.652. The van der Waals surface area contributed by atoms with E-state index >= 15 is 0 Å². The van der Waals surface area contributed by atoms with Crippen molar-refractivity contribution in [2.75, 3.05) is 5.32 Å². The molecule has 0 saturated carbocycles. The van der Waals surface area contributed by atoms with Gasteiger partial charge >= 0.3 is 0 Å². The van der Waals surface area contributed by atoms with E-state index in [0.29, 0.717) is 11.5 Å². The molecular weight excluding hydrogens is 288 g/mol. The van der Waals surface area contributed by atoms with Gasteiger partial charge in [-0.3, -0.25) is 0 Å². The Morgan fingerprint density at radius 1 is 1.13 bits per heavy atom. The van der Waals surface area contributed by atoms with Gasteiger partial charge in [0.15, 0.2) is 5.82 Å². The van der Waals surface area contributed by atoms with Gasteiger partial charge in [0.25, 0.3) is 0 Å². The molecule has 4 rings (SSSR count). The molecule has 0 aliphatic carbocycles. The molecule has 0 bridgehead atoms. The third-order valence-corrected chi connectivity index (χ3v) is 3.87. The average Bonchev–Trinajstić information content (AvgIpc) is 3.06. The highest BCUT2D eigenvalue weighted by Gasteiger charge is 2.12. The van der Waals surface area contributed by atoms with Crippen molar-refractivity contribution in [3.05, 3.63) is 53.6 Å². The number of tetrazole rings is 1. The van der Waals surface area contributed by atoms with E-state index in [-0.39, 0.29) is 0 Å². The molecule has 2 aromatic carbocycles. The number of anilines is 2. The second-order valence-corrected chi connectivity index (χ2v) is 5.55. The third-order valence-electron chi connectivity index (χ3n) is 3.87. The molecule has 0 atom stereocenters. The van der Waals surface area contributed by atoms with Crippen LogP contribution in [0, 0.1) is 6.92 Å². The number of nitrogens with zero attached hydrogens (tertiary/aromatic N) is 5. The van der Waals surface area contributed by atoms with E-state index in [1.807, 2.05) is 37.3 Å². The minimum Gasteiger partial charge on any atom is -0.337 e. The smallest absolute Gasteiger partial charge is 0.222 e. The maximum atomic E-state index is 4.69. The van der Waals surface area contributed by atoms with E-state index in [0.717, 1.165) is 28.7 Å². The monoisotopic (exact) mass is 304 g/mol. The first kappa shape index (κ1) is 13.6. The number of aromatic nitrogens is 5. The Bertz CT molecular complexity index is 1000. The van der Waals surface area contributed by atoms with Crippen molar-refractivity contribution in [1.29, 1.82) is 0 Å². The lowest BCUT2D eigenvalue weighted by molar-refractivity contribution is 0.840. The highest BCUT2D eigenvalue weighted by Crippen LogP contribution is 2.23. The molecule has 0 fully saturated rings. The molecule has 0 aliphatic heterocycles. The van der Waals surface area contributed by atoms with Crippen LogP contribution >= 0.6 is 0 Å². The molecule has 0 radical (unpaired) electrons. The zero-order chi connectivity index (χ0) is 15.8. The lowest BCUT2D eigenvalue weighted by Crippen LogP contribution is -2.01. The summed E-state index contributed by atoms with van der Waals surface area (Å²) in [6.45, 7) is 4.18. The summed E-state index contributed by atoms with van der Waals surface area (Å²) < 4.78 is 1.72. The lowest BCUT2D eigenvalue weighted by atomic mass is 10.1. The second-order valence-electron chi connectivity index (χ2n) is 5.55. The van der Waals surface area contributed by atoms with Gasteiger partial charge in [0.2, 0.25) is 5.65 Å². The number of rotatable bonds is 3. The molecule has 0 unspecified atom stereocenters. The Balaban J connectivity index is 1.88. The Kier molecular flexibility index (Phi) is 3.15. The first-order chi connectivity index (χ1) is 11.2. The molecule has 2 aromatic heterocycles. The van der Waals surface area contributed by atoms with E-state index in [9.17, 15) is 0 Å². The van der Waals surface area contributed by atoms with Gasteiger partial charge < -0.3 is 5.32 Å². The molecule has 6 heteroatoms. The van der Waals surface area contributed by atoms with Crippen LogP contribution in [0.1, 0.15) is 18.1 Å². The molecule has 0 saturated heterocycles. The van der Waals surface area contributed by atoms with Crippen LogP contribution in [0.2, 0.25) is 0 Å². The third kappa shape index (κ3) is 2.38. The van der Waals surface area contributed by atoms with Crippen LogP contribution in [0.15, 0.2) is 42.5 Å². The Labute approximate surface area is 133 Å². The van der Waals surface area contributed by atoms with Gasteiger partial charge in [0, 0.05) is 5.69 Å². The zero-order valence-electron chi connectivity index (χ0n) is 13.0.